The van der Waals surface area contributed by atoms with E-state index in [0.29, 0.717) is 9.92 Å². The van der Waals surface area contributed by atoms with E-state index < -0.39 is 0 Å². The van der Waals surface area contributed by atoms with Crippen LogP contribution in [-0.2, 0) is 0 Å². The molecule has 0 aromatic heterocycles. The number of halogens is 2. The van der Waals surface area contributed by atoms with E-state index in [0.717, 1.165) is 5.56 Å². The van der Waals surface area contributed by atoms with Crippen molar-refractivity contribution >= 4 is 35.8 Å². The Morgan fingerprint density at radius 3 is 2.55 bits per heavy atom. The lowest BCUT2D eigenvalue weighted by atomic mass is 10.2. The van der Waals surface area contributed by atoms with E-state index in [2.05, 4.69) is 12.6 Å². The molecule has 0 saturated carbocycles. The minimum Gasteiger partial charge on any atom is -0.506 e. The summed E-state index contributed by atoms with van der Waals surface area (Å²) >= 11 is 15.5. The predicted octanol–water partition coefficient (Wildman–Crippen LogP) is 3.30. The minimum absolute atomic E-state index is 0.0349. The fraction of sp³-hybridized carbons (Fsp3) is 0.143. The molecule has 60 valence electrons. The van der Waals surface area contributed by atoms with E-state index in [-0.39, 0.29) is 10.8 Å². The quantitative estimate of drug-likeness (QED) is 0.628. The maximum atomic E-state index is 9.14. The van der Waals surface area contributed by atoms with Crippen molar-refractivity contribution < 1.29 is 5.11 Å². The molecule has 1 nitrogen and oxygen atoms in total. The zero-order chi connectivity index (χ0) is 8.59. The Balaban J connectivity index is 3.46. The van der Waals surface area contributed by atoms with Crippen LogP contribution in [0.3, 0.4) is 0 Å². The summed E-state index contributed by atoms with van der Waals surface area (Å²) in [6.45, 7) is 1.79. The lowest BCUT2D eigenvalue weighted by Gasteiger charge is -2.05. The number of phenols is 1. The standard InChI is InChI=1S/C7H6Cl2OS/c1-3-4(8)2-5(10)6(9)7(3)11/h2,10-11H,1H3. The third-order valence-electron chi connectivity index (χ3n) is 1.41. The van der Waals surface area contributed by atoms with E-state index in [1.54, 1.807) is 6.92 Å². The number of aromatic hydroxyl groups is 1. The summed E-state index contributed by atoms with van der Waals surface area (Å²) in [5, 5.41) is 9.86. The summed E-state index contributed by atoms with van der Waals surface area (Å²) < 4.78 is 0. The van der Waals surface area contributed by atoms with Crippen molar-refractivity contribution in [1.29, 1.82) is 0 Å². The Labute approximate surface area is 80.4 Å². The zero-order valence-electron chi connectivity index (χ0n) is 5.73. The van der Waals surface area contributed by atoms with Gasteiger partial charge in [-0.2, -0.15) is 0 Å². The van der Waals surface area contributed by atoms with Crippen LogP contribution in [0.4, 0.5) is 0 Å². The molecule has 1 aromatic carbocycles. The lowest BCUT2D eigenvalue weighted by molar-refractivity contribution is 0.474. The molecule has 11 heavy (non-hydrogen) atoms. The molecule has 0 unspecified atom stereocenters. The van der Waals surface area contributed by atoms with Crippen molar-refractivity contribution in [2.24, 2.45) is 0 Å². The number of hydrogen-bond acceptors (Lipinski definition) is 2. The molecule has 4 heteroatoms. The highest BCUT2D eigenvalue weighted by atomic mass is 35.5. The van der Waals surface area contributed by atoms with Crippen LogP contribution in [0.2, 0.25) is 10.0 Å². The summed E-state index contributed by atoms with van der Waals surface area (Å²) in [5.41, 5.74) is 0.776. The van der Waals surface area contributed by atoms with E-state index >= 15 is 0 Å². The van der Waals surface area contributed by atoms with Gasteiger partial charge in [-0.3, -0.25) is 0 Å². The highest BCUT2D eigenvalue weighted by Crippen LogP contribution is 2.36. The van der Waals surface area contributed by atoms with Crippen LogP contribution in [0.1, 0.15) is 5.56 Å². The van der Waals surface area contributed by atoms with Gasteiger partial charge in [0.05, 0.1) is 5.02 Å². The maximum Gasteiger partial charge on any atom is 0.136 e. The molecule has 0 aliphatic carbocycles. The van der Waals surface area contributed by atoms with Crippen LogP contribution in [0.15, 0.2) is 11.0 Å². The van der Waals surface area contributed by atoms with Gasteiger partial charge in [-0.15, -0.1) is 12.6 Å². The third-order valence-corrected chi connectivity index (χ3v) is 2.88. The highest BCUT2D eigenvalue weighted by molar-refractivity contribution is 7.80. The summed E-state index contributed by atoms with van der Waals surface area (Å²) in [7, 11) is 0. The number of benzene rings is 1. The molecule has 0 bridgehead atoms. The van der Waals surface area contributed by atoms with E-state index in [1.807, 2.05) is 0 Å². The van der Waals surface area contributed by atoms with Gasteiger partial charge in [0, 0.05) is 16.0 Å². The topological polar surface area (TPSA) is 20.2 Å². The summed E-state index contributed by atoms with van der Waals surface area (Å²) in [5.74, 6) is -0.0349. The van der Waals surface area contributed by atoms with E-state index in [1.165, 1.54) is 6.07 Å². The van der Waals surface area contributed by atoms with Crippen molar-refractivity contribution in [3.05, 3.63) is 21.7 Å². The first-order chi connectivity index (χ1) is 5.04. The molecule has 0 fully saturated rings. The smallest absolute Gasteiger partial charge is 0.136 e. The van der Waals surface area contributed by atoms with Crippen LogP contribution in [-0.4, -0.2) is 5.11 Å². The molecule has 1 rings (SSSR count). The Hall–Kier alpha value is -0.0500. The van der Waals surface area contributed by atoms with Gasteiger partial charge in [-0.1, -0.05) is 23.2 Å². The first-order valence-electron chi connectivity index (χ1n) is 2.90. The predicted molar refractivity (Wildman–Crippen MR) is 50.1 cm³/mol. The van der Waals surface area contributed by atoms with Gasteiger partial charge >= 0.3 is 0 Å². The Morgan fingerprint density at radius 2 is 2.00 bits per heavy atom. The van der Waals surface area contributed by atoms with Crippen molar-refractivity contribution in [3.8, 4) is 5.75 Å². The molecule has 0 aliphatic heterocycles. The van der Waals surface area contributed by atoms with Crippen LogP contribution < -0.4 is 0 Å². The maximum absolute atomic E-state index is 9.14. The van der Waals surface area contributed by atoms with Gasteiger partial charge in [0.1, 0.15) is 5.75 Å². The molecule has 0 radical (unpaired) electrons. The summed E-state index contributed by atoms with van der Waals surface area (Å²) in [6, 6.07) is 1.40. The summed E-state index contributed by atoms with van der Waals surface area (Å²) in [6.07, 6.45) is 0. The van der Waals surface area contributed by atoms with Crippen molar-refractivity contribution in [2.75, 3.05) is 0 Å². The molecule has 0 aliphatic rings. The molecule has 0 atom stereocenters. The van der Waals surface area contributed by atoms with Gasteiger partial charge in [-0.05, 0) is 12.5 Å². The highest BCUT2D eigenvalue weighted by Gasteiger charge is 2.08. The average Bonchev–Trinajstić information content (AvgIpc) is 1.97. The summed E-state index contributed by atoms with van der Waals surface area (Å²) in [4.78, 5) is 0.525. The van der Waals surface area contributed by atoms with Gasteiger partial charge < -0.3 is 5.11 Å². The van der Waals surface area contributed by atoms with E-state index in [4.69, 9.17) is 28.3 Å². The molecular weight excluding hydrogens is 203 g/mol. The van der Waals surface area contributed by atoms with Crippen molar-refractivity contribution in [2.45, 2.75) is 11.8 Å². The van der Waals surface area contributed by atoms with Crippen LogP contribution in [0.25, 0.3) is 0 Å². The first-order valence-corrected chi connectivity index (χ1v) is 4.11. The Bertz CT molecular complexity index is 273. The number of thiol groups is 1. The number of phenolic OH excluding ortho intramolecular Hbond substituents is 1. The molecule has 1 aromatic rings. The van der Waals surface area contributed by atoms with Gasteiger partial charge in [0.25, 0.3) is 0 Å². The second-order valence-corrected chi connectivity index (χ2v) is 3.40. The normalized spacial score (nSPS) is 10.2. The lowest BCUT2D eigenvalue weighted by Crippen LogP contribution is -1.80. The van der Waals surface area contributed by atoms with E-state index in [9.17, 15) is 0 Å². The molecule has 1 N–H and O–H groups in total. The average molecular weight is 209 g/mol. The van der Waals surface area contributed by atoms with Gasteiger partial charge in [0.2, 0.25) is 0 Å². The SMILES string of the molecule is Cc1c(Cl)cc(O)c(Cl)c1S. The molecule has 0 spiro atoms. The van der Waals surface area contributed by atoms with Gasteiger partial charge in [0.15, 0.2) is 0 Å². The fourth-order valence-electron chi connectivity index (χ4n) is 0.691. The second kappa shape index (κ2) is 3.13. The molecule has 0 amide bonds. The van der Waals surface area contributed by atoms with Crippen molar-refractivity contribution in [1.82, 2.24) is 0 Å². The zero-order valence-corrected chi connectivity index (χ0v) is 8.13. The molecular formula is C7H6Cl2OS. The van der Waals surface area contributed by atoms with Gasteiger partial charge in [-0.25, -0.2) is 0 Å². The monoisotopic (exact) mass is 208 g/mol. The first kappa shape index (κ1) is 9.04. The third kappa shape index (κ3) is 1.58. The largest absolute Gasteiger partial charge is 0.506 e. The Morgan fingerprint density at radius 1 is 1.45 bits per heavy atom. The minimum atomic E-state index is -0.0349. The van der Waals surface area contributed by atoms with Crippen LogP contribution in [0.5, 0.6) is 5.75 Å². The van der Waals surface area contributed by atoms with Crippen LogP contribution in [0, 0.1) is 6.92 Å². The number of hydrogen-bond donors (Lipinski definition) is 2. The number of rotatable bonds is 0. The Kier molecular flexibility index (Phi) is 2.58. The van der Waals surface area contributed by atoms with Crippen LogP contribution >= 0.6 is 35.8 Å². The molecule has 0 saturated heterocycles. The fourth-order valence-corrected chi connectivity index (χ4v) is 1.39. The molecule has 0 heterocycles. The second-order valence-electron chi connectivity index (χ2n) is 2.17. The van der Waals surface area contributed by atoms with Crippen molar-refractivity contribution in [3.63, 3.8) is 0 Å².